The smallest absolute Gasteiger partial charge is 0.338 e. The zero-order chi connectivity index (χ0) is 17.7. The second-order valence-electron chi connectivity index (χ2n) is 5.63. The van der Waals surface area contributed by atoms with Crippen LogP contribution in [0.2, 0.25) is 0 Å². The third-order valence-electron chi connectivity index (χ3n) is 3.41. The first-order valence-electron chi connectivity index (χ1n) is 7.84. The molecule has 0 bridgehead atoms. The lowest BCUT2D eigenvalue weighted by Crippen LogP contribution is -2.16. The fraction of sp³-hybridized carbons (Fsp3) is 0.333. The number of carbonyl (C=O) groups is 2. The SMILES string of the molecule is CCOC(=O)c1ccc(NC(=O)c2cnc(C(C)C)nc2C)cc1. The van der Waals surface area contributed by atoms with Crippen molar-refractivity contribution >= 4 is 17.6 Å². The summed E-state index contributed by atoms with van der Waals surface area (Å²) >= 11 is 0. The van der Waals surface area contributed by atoms with E-state index in [0.717, 1.165) is 0 Å². The molecule has 1 amide bonds. The average Bonchev–Trinajstić information content (AvgIpc) is 2.55. The molecule has 0 atom stereocenters. The van der Waals surface area contributed by atoms with Gasteiger partial charge in [0.1, 0.15) is 5.82 Å². The number of ether oxygens (including phenoxy) is 1. The Bertz CT molecular complexity index is 740. The number of amides is 1. The van der Waals surface area contributed by atoms with Gasteiger partial charge in [0.05, 0.1) is 23.4 Å². The van der Waals surface area contributed by atoms with Crippen LogP contribution in [-0.2, 0) is 4.74 Å². The number of aromatic nitrogens is 2. The summed E-state index contributed by atoms with van der Waals surface area (Å²) in [6.45, 7) is 7.86. The van der Waals surface area contributed by atoms with E-state index in [1.54, 1.807) is 44.3 Å². The molecule has 0 unspecified atom stereocenters. The molecule has 24 heavy (non-hydrogen) atoms. The van der Waals surface area contributed by atoms with E-state index in [0.29, 0.717) is 34.9 Å². The molecule has 0 aliphatic carbocycles. The molecule has 6 nitrogen and oxygen atoms in total. The highest BCUT2D eigenvalue weighted by Gasteiger charge is 2.14. The first-order chi connectivity index (χ1) is 11.4. The number of aryl methyl sites for hydroxylation is 1. The number of hydrogen-bond acceptors (Lipinski definition) is 5. The average molecular weight is 327 g/mol. The van der Waals surface area contributed by atoms with Crippen LogP contribution in [0.15, 0.2) is 30.5 Å². The number of nitrogens with zero attached hydrogens (tertiary/aromatic N) is 2. The van der Waals surface area contributed by atoms with Gasteiger partial charge in [0.25, 0.3) is 5.91 Å². The van der Waals surface area contributed by atoms with E-state index >= 15 is 0 Å². The second kappa shape index (κ2) is 7.68. The van der Waals surface area contributed by atoms with Crippen molar-refractivity contribution in [1.29, 1.82) is 0 Å². The van der Waals surface area contributed by atoms with Gasteiger partial charge in [-0.15, -0.1) is 0 Å². The van der Waals surface area contributed by atoms with Gasteiger partial charge in [-0.1, -0.05) is 13.8 Å². The maximum Gasteiger partial charge on any atom is 0.338 e. The van der Waals surface area contributed by atoms with E-state index in [1.165, 1.54) is 0 Å². The normalized spacial score (nSPS) is 10.5. The molecule has 1 N–H and O–H groups in total. The molecule has 0 radical (unpaired) electrons. The quantitative estimate of drug-likeness (QED) is 0.852. The van der Waals surface area contributed by atoms with Crippen LogP contribution in [0.25, 0.3) is 0 Å². The predicted molar refractivity (Wildman–Crippen MR) is 91.2 cm³/mol. The lowest BCUT2D eigenvalue weighted by Gasteiger charge is -2.10. The number of rotatable bonds is 5. The molecule has 0 aliphatic heterocycles. The number of carbonyl (C=O) groups excluding carboxylic acids is 2. The summed E-state index contributed by atoms with van der Waals surface area (Å²) in [5.41, 5.74) is 2.08. The molecule has 0 saturated heterocycles. The zero-order valence-electron chi connectivity index (χ0n) is 14.3. The molecule has 1 heterocycles. The summed E-state index contributed by atoms with van der Waals surface area (Å²) in [6.07, 6.45) is 1.54. The largest absolute Gasteiger partial charge is 0.462 e. The molecule has 126 valence electrons. The van der Waals surface area contributed by atoms with Crippen LogP contribution in [0.4, 0.5) is 5.69 Å². The number of esters is 1. The summed E-state index contributed by atoms with van der Waals surface area (Å²) in [6, 6.07) is 6.53. The van der Waals surface area contributed by atoms with Crippen molar-refractivity contribution in [2.45, 2.75) is 33.6 Å². The lowest BCUT2D eigenvalue weighted by atomic mass is 10.1. The van der Waals surface area contributed by atoms with Gasteiger partial charge in [-0.05, 0) is 38.1 Å². The molecule has 1 aromatic heterocycles. The van der Waals surface area contributed by atoms with Gasteiger partial charge in [-0.2, -0.15) is 0 Å². The Morgan fingerprint density at radius 3 is 2.42 bits per heavy atom. The van der Waals surface area contributed by atoms with Crippen molar-refractivity contribution in [3.63, 3.8) is 0 Å². The van der Waals surface area contributed by atoms with Crippen molar-refractivity contribution in [3.05, 3.63) is 53.1 Å². The van der Waals surface area contributed by atoms with E-state index < -0.39 is 0 Å². The minimum absolute atomic E-state index is 0.205. The highest BCUT2D eigenvalue weighted by molar-refractivity contribution is 6.05. The van der Waals surface area contributed by atoms with E-state index in [1.807, 2.05) is 13.8 Å². The molecule has 6 heteroatoms. The topological polar surface area (TPSA) is 81.2 Å². The van der Waals surface area contributed by atoms with Crippen LogP contribution in [0.5, 0.6) is 0 Å². The van der Waals surface area contributed by atoms with Gasteiger partial charge in [0.2, 0.25) is 0 Å². The third-order valence-corrected chi connectivity index (χ3v) is 3.41. The third kappa shape index (κ3) is 4.16. The van der Waals surface area contributed by atoms with Crippen LogP contribution in [-0.4, -0.2) is 28.5 Å². The summed E-state index contributed by atoms with van der Waals surface area (Å²) in [5.74, 6) is 0.245. The number of nitrogens with one attached hydrogen (secondary N) is 1. The first kappa shape index (κ1) is 17.6. The van der Waals surface area contributed by atoms with E-state index in [9.17, 15) is 9.59 Å². The van der Waals surface area contributed by atoms with E-state index in [2.05, 4.69) is 15.3 Å². The highest BCUT2D eigenvalue weighted by Crippen LogP contribution is 2.15. The molecule has 2 rings (SSSR count). The molecule has 0 aliphatic rings. The van der Waals surface area contributed by atoms with Gasteiger partial charge in [0, 0.05) is 17.8 Å². The Hall–Kier alpha value is -2.76. The van der Waals surface area contributed by atoms with Crippen molar-refractivity contribution in [2.24, 2.45) is 0 Å². The Morgan fingerprint density at radius 1 is 1.21 bits per heavy atom. The Balaban J connectivity index is 2.11. The van der Waals surface area contributed by atoms with Crippen LogP contribution < -0.4 is 5.32 Å². The summed E-state index contributed by atoms with van der Waals surface area (Å²) in [7, 11) is 0. The van der Waals surface area contributed by atoms with Crippen molar-refractivity contribution in [2.75, 3.05) is 11.9 Å². The molecule has 2 aromatic rings. The predicted octanol–water partition coefficient (Wildman–Crippen LogP) is 3.34. The van der Waals surface area contributed by atoms with Gasteiger partial charge in [0.15, 0.2) is 0 Å². The maximum absolute atomic E-state index is 12.4. The van der Waals surface area contributed by atoms with Crippen LogP contribution in [0.1, 0.15) is 58.9 Å². The zero-order valence-corrected chi connectivity index (χ0v) is 14.3. The van der Waals surface area contributed by atoms with Crippen LogP contribution in [0.3, 0.4) is 0 Å². The Morgan fingerprint density at radius 2 is 1.88 bits per heavy atom. The molecular weight excluding hydrogens is 306 g/mol. The van der Waals surface area contributed by atoms with Crippen LogP contribution in [0, 0.1) is 6.92 Å². The molecular formula is C18H21N3O3. The van der Waals surface area contributed by atoms with Crippen molar-refractivity contribution in [3.8, 4) is 0 Å². The number of anilines is 1. The summed E-state index contributed by atoms with van der Waals surface area (Å²) in [5, 5.41) is 2.77. The fourth-order valence-corrected chi connectivity index (χ4v) is 2.09. The van der Waals surface area contributed by atoms with E-state index in [4.69, 9.17) is 4.74 Å². The molecule has 1 aromatic carbocycles. The fourth-order valence-electron chi connectivity index (χ4n) is 2.09. The standard InChI is InChI=1S/C18H21N3O3/c1-5-24-18(23)13-6-8-14(9-7-13)21-17(22)15-10-19-16(11(2)3)20-12(15)4/h6-11H,5H2,1-4H3,(H,21,22). The Labute approximate surface area is 141 Å². The summed E-state index contributed by atoms with van der Waals surface area (Å²) in [4.78, 5) is 32.5. The monoisotopic (exact) mass is 327 g/mol. The highest BCUT2D eigenvalue weighted by atomic mass is 16.5. The maximum atomic E-state index is 12.4. The molecule has 0 spiro atoms. The minimum Gasteiger partial charge on any atom is -0.462 e. The first-order valence-corrected chi connectivity index (χ1v) is 7.84. The van der Waals surface area contributed by atoms with Gasteiger partial charge in [-0.3, -0.25) is 4.79 Å². The number of benzene rings is 1. The molecule has 0 fully saturated rings. The van der Waals surface area contributed by atoms with Gasteiger partial charge >= 0.3 is 5.97 Å². The Kier molecular flexibility index (Phi) is 5.63. The number of hydrogen-bond donors (Lipinski definition) is 1. The molecule has 0 saturated carbocycles. The lowest BCUT2D eigenvalue weighted by molar-refractivity contribution is 0.0526. The van der Waals surface area contributed by atoms with Crippen molar-refractivity contribution in [1.82, 2.24) is 9.97 Å². The van der Waals surface area contributed by atoms with Gasteiger partial charge < -0.3 is 10.1 Å². The summed E-state index contributed by atoms with van der Waals surface area (Å²) < 4.78 is 4.92. The van der Waals surface area contributed by atoms with Crippen LogP contribution >= 0.6 is 0 Å². The minimum atomic E-state index is -0.385. The van der Waals surface area contributed by atoms with Gasteiger partial charge in [-0.25, -0.2) is 14.8 Å². The van der Waals surface area contributed by atoms with Crippen molar-refractivity contribution < 1.29 is 14.3 Å². The second-order valence-corrected chi connectivity index (χ2v) is 5.63. The van der Waals surface area contributed by atoms with E-state index in [-0.39, 0.29) is 17.8 Å².